The second-order valence-corrected chi connectivity index (χ2v) is 19.8. The number of thiophene rings is 1. The van der Waals surface area contributed by atoms with E-state index in [1.54, 1.807) is 35.4 Å². The minimum absolute atomic E-state index is 0.0396. The molecule has 2 fully saturated rings. The minimum atomic E-state index is -3.69. The van der Waals surface area contributed by atoms with Gasteiger partial charge in [0, 0.05) is 42.5 Å². The number of esters is 1. The SMILES string of the molecule is CCCCC=O.CN1CCCC1.CNC.O=CN1CC(c2cccnc2)C1.O=Cc1cc2cc(CP(=O)(NC(CCc3ccccc3)C(=O)OCc3ccccc3)Oc3ccccc3)ccc2s1. The standard InChI is InChI=1S/C33H30NO5PS.C9H10N2O.C5H11N.C5H10O.C2H7N/c35-22-30-21-28-20-27(17-19-32(28)41-30)24-40(37,39-29-14-8-3-9-15-29)34-31(18-16-25-10-4-1-5-11-25)33(36)38-23-26-12-6-2-7-13-26;12-7-11-5-9(6-11)8-2-1-3-10-4-8;1-6-4-2-3-5-6;1-2-3-4-5-6;1-3-2/h1-15,17,19-22,31H,16,18,23-24H2,(H,34,37);1-4,7,9H,5-6H2;2-5H2,1H3;5H,2-4H2,1H3;3H,1-2H3. The molecule has 362 valence electrons. The lowest BCUT2D eigenvalue weighted by atomic mass is 9.94. The molecular formula is C54H68N5O7PS. The van der Waals surface area contributed by atoms with Crippen molar-refractivity contribution in [3.8, 4) is 5.75 Å². The van der Waals surface area contributed by atoms with Crippen molar-refractivity contribution < 1.29 is 33.0 Å². The fourth-order valence-electron chi connectivity index (χ4n) is 7.11. The summed E-state index contributed by atoms with van der Waals surface area (Å²) < 4.78 is 27.3. The molecule has 0 aliphatic carbocycles. The van der Waals surface area contributed by atoms with E-state index in [1.807, 2.05) is 117 Å². The third-order valence-electron chi connectivity index (χ3n) is 10.7. The fraction of sp³-hybridized carbons (Fsp3) is 0.352. The maximum Gasteiger partial charge on any atom is 0.323 e. The molecule has 0 spiro atoms. The second kappa shape index (κ2) is 31.3. The van der Waals surface area contributed by atoms with Crippen molar-refractivity contribution in [3.05, 3.63) is 167 Å². The summed E-state index contributed by atoms with van der Waals surface area (Å²) in [5, 5.41) is 6.75. The van der Waals surface area contributed by atoms with E-state index in [0.717, 1.165) is 78.1 Å². The number of rotatable bonds is 18. The van der Waals surface area contributed by atoms with E-state index < -0.39 is 19.5 Å². The number of benzene rings is 4. The number of hydrogen-bond donors (Lipinski definition) is 2. The third-order valence-corrected chi connectivity index (χ3v) is 13.8. The van der Waals surface area contributed by atoms with Crippen molar-refractivity contribution in [1.82, 2.24) is 25.2 Å². The summed E-state index contributed by atoms with van der Waals surface area (Å²) in [5.74, 6) is 0.442. The Hall–Kier alpha value is -5.82. The molecule has 12 nitrogen and oxygen atoms in total. The summed E-state index contributed by atoms with van der Waals surface area (Å²) in [5.41, 5.74) is 3.92. The Balaban J connectivity index is 0.000000299. The van der Waals surface area contributed by atoms with Gasteiger partial charge in [0.1, 0.15) is 24.7 Å². The number of carbonyl (C=O) groups excluding carboxylic acids is 4. The number of fused-ring (bicyclic) bond motifs is 1. The molecule has 14 heteroatoms. The van der Waals surface area contributed by atoms with Gasteiger partial charge in [-0.15, -0.1) is 11.3 Å². The average Bonchev–Trinajstić information content (AvgIpc) is 4.02. The molecule has 0 radical (unpaired) electrons. The monoisotopic (exact) mass is 961 g/mol. The lowest BCUT2D eigenvalue weighted by Crippen LogP contribution is -2.43. The van der Waals surface area contributed by atoms with E-state index >= 15 is 0 Å². The highest BCUT2D eigenvalue weighted by molar-refractivity contribution is 7.56. The van der Waals surface area contributed by atoms with Crippen LogP contribution >= 0.6 is 18.9 Å². The molecule has 0 bridgehead atoms. The summed E-state index contributed by atoms with van der Waals surface area (Å²) in [4.78, 5) is 53.3. The molecule has 2 N–H and O–H groups in total. The Labute approximate surface area is 407 Å². The first-order chi connectivity index (χ1) is 33.1. The van der Waals surface area contributed by atoms with Crippen LogP contribution in [0.5, 0.6) is 5.75 Å². The summed E-state index contributed by atoms with van der Waals surface area (Å²) >= 11 is 1.40. The van der Waals surface area contributed by atoms with Crippen LogP contribution < -0.4 is 14.9 Å². The van der Waals surface area contributed by atoms with E-state index in [9.17, 15) is 23.7 Å². The maximum absolute atomic E-state index is 14.6. The largest absolute Gasteiger partial charge is 0.460 e. The van der Waals surface area contributed by atoms with Gasteiger partial charge in [-0.2, -0.15) is 0 Å². The number of nitrogens with zero attached hydrogens (tertiary/aromatic N) is 3. The first-order valence-electron chi connectivity index (χ1n) is 23.3. The van der Waals surface area contributed by atoms with Gasteiger partial charge in [0.25, 0.3) is 0 Å². The van der Waals surface area contributed by atoms with Crippen LogP contribution in [0.4, 0.5) is 0 Å². The van der Waals surface area contributed by atoms with Crippen LogP contribution in [-0.4, -0.2) is 93.1 Å². The number of pyridine rings is 1. The number of hydrogen-bond acceptors (Lipinski definition) is 11. The number of aromatic nitrogens is 1. The van der Waals surface area contributed by atoms with Crippen molar-refractivity contribution in [2.45, 2.75) is 76.6 Å². The molecular weight excluding hydrogens is 894 g/mol. The molecule has 2 unspecified atom stereocenters. The number of amides is 1. The zero-order valence-electron chi connectivity index (χ0n) is 39.9. The maximum atomic E-state index is 14.6. The smallest absolute Gasteiger partial charge is 0.323 e. The highest BCUT2D eigenvalue weighted by Gasteiger charge is 2.33. The van der Waals surface area contributed by atoms with E-state index in [1.165, 1.54) is 42.8 Å². The van der Waals surface area contributed by atoms with Crippen molar-refractivity contribution in [2.75, 3.05) is 47.3 Å². The molecule has 2 aromatic heterocycles. The van der Waals surface area contributed by atoms with E-state index in [0.29, 0.717) is 29.4 Å². The van der Waals surface area contributed by atoms with Gasteiger partial charge >= 0.3 is 13.5 Å². The lowest BCUT2D eigenvalue weighted by Gasteiger charge is -2.36. The quantitative estimate of drug-likeness (QED) is 0.0367. The van der Waals surface area contributed by atoms with Crippen LogP contribution in [0.1, 0.15) is 83.3 Å². The first-order valence-corrected chi connectivity index (χ1v) is 25.9. The minimum Gasteiger partial charge on any atom is -0.460 e. The van der Waals surface area contributed by atoms with Gasteiger partial charge in [-0.1, -0.05) is 104 Å². The molecule has 8 rings (SSSR count). The van der Waals surface area contributed by atoms with Gasteiger partial charge in [-0.3, -0.25) is 23.9 Å². The summed E-state index contributed by atoms with van der Waals surface area (Å²) in [6.07, 6.45) is 13.0. The zero-order chi connectivity index (χ0) is 48.8. The number of likely N-dealkylation sites (tertiary alicyclic amines) is 2. The molecule has 2 atom stereocenters. The van der Waals surface area contributed by atoms with Crippen LogP contribution in [0, 0.1) is 0 Å². The highest BCUT2D eigenvalue weighted by atomic mass is 32.1. The number of aldehydes is 2. The number of ether oxygens (including phenoxy) is 1. The fourth-order valence-corrected chi connectivity index (χ4v) is 10.0. The van der Waals surface area contributed by atoms with Gasteiger partial charge in [0.05, 0.1) is 11.0 Å². The van der Waals surface area contributed by atoms with Gasteiger partial charge < -0.3 is 29.2 Å². The van der Waals surface area contributed by atoms with Crippen LogP contribution in [0.25, 0.3) is 10.1 Å². The highest BCUT2D eigenvalue weighted by Crippen LogP contribution is 2.48. The van der Waals surface area contributed by atoms with Crippen LogP contribution in [0.2, 0.25) is 0 Å². The number of para-hydroxylation sites is 1. The Morgan fingerprint density at radius 2 is 1.50 bits per heavy atom. The third kappa shape index (κ3) is 20.2. The van der Waals surface area contributed by atoms with Gasteiger partial charge in [0.2, 0.25) is 6.41 Å². The van der Waals surface area contributed by atoms with Crippen molar-refractivity contribution in [3.63, 3.8) is 0 Å². The van der Waals surface area contributed by atoms with E-state index in [-0.39, 0.29) is 12.8 Å². The summed E-state index contributed by atoms with van der Waals surface area (Å²) in [7, 11) is 2.24. The Bertz CT molecular complexity index is 2380. The zero-order valence-corrected chi connectivity index (χ0v) is 41.6. The molecule has 0 saturated carbocycles. The number of carbonyl (C=O) groups is 4. The van der Waals surface area contributed by atoms with E-state index in [2.05, 4.69) is 40.3 Å². The lowest BCUT2D eigenvalue weighted by molar-refractivity contribution is -0.147. The summed E-state index contributed by atoms with van der Waals surface area (Å²) in [6.45, 7) is 6.51. The van der Waals surface area contributed by atoms with Crippen LogP contribution in [0.15, 0.2) is 140 Å². The predicted octanol–water partition coefficient (Wildman–Crippen LogP) is 10.4. The van der Waals surface area contributed by atoms with Crippen LogP contribution in [-0.2, 0) is 42.9 Å². The molecule has 6 aromatic rings. The van der Waals surface area contributed by atoms with Crippen molar-refractivity contribution in [2.24, 2.45) is 0 Å². The van der Waals surface area contributed by atoms with Gasteiger partial charge in [-0.05, 0) is 130 Å². The molecule has 2 saturated heterocycles. The molecule has 2 aliphatic rings. The Kier molecular flexibility index (Phi) is 25.2. The Morgan fingerprint density at radius 3 is 2.04 bits per heavy atom. The molecule has 2 aliphatic heterocycles. The predicted molar refractivity (Wildman–Crippen MR) is 275 cm³/mol. The second-order valence-electron chi connectivity index (χ2n) is 16.5. The van der Waals surface area contributed by atoms with E-state index in [4.69, 9.17) is 9.26 Å². The molecule has 1 amide bonds. The number of unbranched alkanes of at least 4 members (excludes halogenated alkanes) is 2. The van der Waals surface area contributed by atoms with Crippen molar-refractivity contribution in [1.29, 1.82) is 0 Å². The topological polar surface area (TPSA) is 147 Å². The molecule has 4 aromatic carbocycles. The normalized spacial score (nSPS) is 14.3. The average molecular weight is 962 g/mol. The van der Waals surface area contributed by atoms with Crippen LogP contribution in [0.3, 0.4) is 0 Å². The number of nitrogens with one attached hydrogen (secondary N) is 2. The van der Waals surface area contributed by atoms with Crippen molar-refractivity contribution >= 4 is 53.9 Å². The Morgan fingerprint density at radius 1 is 0.853 bits per heavy atom. The molecule has 68 heavy (non-hydrogen) atoms. The first kappa shape index (κ1) is 54.8. The molecule has 4 heterocycles. The van der Waals surface area contributed by atoms with Gasteiger partial charge in [-0.25, -0.2) is 5.09 Å². The van der Waals surface area contributed by atoms with Gasteiger partial charge in [0.15, 0.2) is 6.29 Å². The summed E-state index contributed by atoms with van der Waals surface area (Å²) in [6, 6.07) is 38.8. The number of aryl methyl sites for hydroxylation is 1.